The zero-order valence-electron chi connectivity index (χ0n) is 27.4. The third-order valence-electron chi connectivity index (χ3n) is 9.01. The molecule has 11 heteroatoms. The molecule has 2 heterocycles. The minimum absolute atomic E-state index is 0.000451. The van der Waals surface area contributed by atoms with Crippen molar-refractivity contribution in [2.45, 2.75) is 58.3 Å². The van der Waals surface area contributed by atoms with Crippen LogP contribution in [0.1, 0.15) is 62.3 Å². The van der Waals surface area contributed by atoms with Crippen molar-refractivity contribution >= 4 is 40.3 Å². The number of thioether (sulfide) groups is 1. The number of nitrogens with zero attached hydrogens (tertiary/aromatic N) is 2. The van der Waals surface area contributed by atoms with E-state index in [0.29, 0.717) is 42.5 Å². The molecule has 1 aliphatic rings. The minimum atomic E-state index is -0.972. The Morgan fingerprint density at radius 1 is 1.08 bits per heavy atom. The molecule has 4 aromatic rings. The van der Waals surface area contributed by atoms with Crippen molar-refractivity contribution in [2.24, 2.45) is 21.1 Å². The summed E-state index contributed by atoms with van der Waals surface area (Å²) in [5, 5.41) is 11.5. The van der Waals surface area contributed by atoms with Crippen LogP contribution in [0.4, 0.5) is 13.2 Å². The number of amidine groups is 2. The van der Waals surface area contributed by atoms with Gasteiger partial charge in [-0.15, -0.1) is 11.8 Å². The summed E-state index contributed by atoms with van der Waals surface area (Å²) in [5.74, 6) is -1.71. The fourth-order valence-corrected chi connectivity index (χ4v) is 6.69. The lowest BCUT2D eigenvalue weighted by Crippen LogP contribution is -2.40. The van der Waals surface area contributed by atoms with Gasteiger partial charge < -0.3 is 20.6 Å². The number of carboxylic acid groups (broad SMARTS) is 1. The molecule has 0 aliphatic carbocycles. The first-order valence-electron chi connectivity index (χ1n) is 15.7. The van der Waals surface area contributed by atoms with Crippen LogP contribution < -0.4 is 10.5 Å². The molecule has 1 aromatic heterocycles. The molecular formula is C37H39F3N4O3S. The second-order valence-electron chi connectivity index (χ2n) is 12.8. The Morgan fingerprint density at radius 3 is 2.62 bits per heavy atom. The highest BCUT2D eigenvalue weighted by molar-refractivity contribution is 8.02. The first-order chi connectivity index (χ1) is 22.8. The highest BCUT2D eigenvalue weighted by Gasteiger charge is 2.36. The van der Waals surface area contributed by atoms with E-state index in [0.717, 1.165) is 16.5 Å². The molecule has 0 spiro atoms. The zero-order chi connectivity index (χ0) is 34.6. The number of hydrogen-bond donors (Lipinski definition) is 3. The topological polar surface area (TPSA) is 113 Å². The Hall–Kier alpha value is -4.51. The number of aromatic nitrogens is 1. The Morgan fingerprint density at radius 2 is 1.88 bits per heavy atom. The summed E-state index contributed by atoms with van der Waals surface area (Å²) >= 11 is 1.29. The number of H-pyrrole nitrogens is 1. The van der Waals surface area contributed by atoms with E-state index >= 15 is 13.2 Å². The van der Waals surface area contributed by atoms with Gasteiger partial charge in [0.2, 0.25) is 0 Å². The highest BCUT2D eigenvalue weighted by Crippen LogP contribution is 2.41. The zero-order valence-corrected chi connectivity index (χ0v) is 28.2. The summed E-state index contributed by atoms with van der Waals surface area (Å²) in [5.41, 5.74) is 7.71. The van der Waals surface area contributed by atoms with Crippen LogP contribution in [0.15, 0.2) is 82.0 Å². The number of ether oxygens (including phenoxy) is 1. The fraction of sp³-hybridized carbons (Fsp3) is 0.324. The number of fused-ring (bicyclic) bond motifs is 5. The van der Waals surface area contributed by atoms with Crippen LogP contribution in [-0.2, 0) is 23.1 Å². The van der Waals surface area contributed by atoms with E-state index in [1.165, 1.54) is 48.5 Å². The van der Waals surface area contributed by atoms with E-state index in [1.807, 2.05) is 51.1 Å². The summed E-state index contributed by atoms with van der Waals surface area (Å²) in [6, 6.07) is 14.6. The molecule has 1 atom stereocenters. The maximum atomic E-state index is 15.8. The van der Waals surface area contributed by atoms with Gasteiger partial charge in [0.05, 0.1) is 5.56 Å². The van der Waals surface area contributed by atoms with Crippen LogP contribution in [0, 0.1) is 17.0 Å². The molecule has 7 nitrogen and oxygen atoms in total. The second-order valence-corrected chi connectivity index (χ2v) is 13.8. The van der Waals surface area contributed by atoms with Gasteiger partial charge in [0.15, 0.2) is 17.4 Å². The quantitative estimate of drug-likeness (QED) is 0.200. The Labute approximate surface area is 282 Å². The molecule has 2 bridgehead atoms. The fourth-order valence-electron chi connectivity index (χ4n) is 5.78. The molecule has 1 unspecified atom stereocenters. The van der Waals surface area contributed by atoms with Crippen molar-refractivity contribution in [3.8, 4) is 11.5 Å². The Bertz CT molecular complexity index is 1930. The SMILES string of the molecule is CN=C1N=C(N)C(C)(c2cccc(CCC(=O)O)c2)CCC(C)(C)/C(F)=C/SCCc2c(c(F)cc3[nH]ccc23)Oc2ccc(F)c1c2. The maximum Gasteiger partial charge on any atom is 0.303 e. The van der Waals surface area contributed by atoms with Gasteiger partial charge in [-0.05, 0) is 68.0 Å². The number of aliphatic carboxylic acids is 1. The number of aryl methyl sites for hydroxylation is 2. The average Bonchev–Trinajstić information content (AvgIpc) is 3.53. The predicted octanol–water partition coefficient (Wildman–Crippen LogP) is 8.85. The molecule has 252 valence electrons. The lowest BCUT2D eigenvalue weighted by molar-refractivity contribution is -0.136. The van der Waals surface area contributed by atoms with Crippen molar-refractivity contribution < 1.29 is 27.8 Å². The van der Waals surface area contributed by atoms with E-state index < -0.39 is 28.4 Å². The monoisotopic (exact) mass is 676 g/mol. The van der Waals surface area contributed by atoms with E-state index in [-0.39, 0.29) is 41.0 Å². The van der Waals surface area contributed by atoms with Crippen LogP contribution in [0.25, 0.3) is 10.9 Å². The number of carbonyl (C=O) groups is 1. The minimum Gasteiger partial charge on any atom is -0.481 e. The molecule has 4 N–H and O–H groups in total. The van der Waals surface area contributed by atoms with Crippen LogP contribution in [0.2, 0.25) is 0 Å². The number of rotatable bonds is 4. The summed E-state index contributed by atoms with van der Waals surface area (Å²) < 4.78 is 52.9. The largest absolute Gasteiger partial charge is 0.481 e. The average molecular weight is 677 g/mol. The lowest BCUT2D eigenvalue weighted by Gasteiger charge is -2.34. The number of aromatic amines is 1. The van der Waals surface area contributed by atoms with E-state index in [1.54, 1.807) is 6.20 Å². The Kier molecular flexibility index (Phi) is 10.4. The van der Waals surface area contributed by atoms with Crippen LogP contribution in [0.5, 0.6) is 11.5 Å². The highest BCUT2D eigenvalue weighted by atomic mass is 32.2. The summed E-state index contributed by atoms with van der Waals surface area (Å²) in [6.45, 7) is 5.52. The number of hydrogen-bond acceptors (Lipinski definition) is 5. The number of nitrogens with two attached hydrogens (primary N) is 1. The molecule has 5 rings (SSSR count). The maximum absolute atomic E-state index is 15.8. The molecule has 0 amide bonds. The van der Waals surface area contributed by atoms with Crippen molar-refractivity contribution in [1.29, 1.82) is 0 Å². The van der Waals surface area contributed by atoms with Gasteiger partial charge in [-0.2, -0.15) is 0 Å². The van der Waals surface area contributed by atoms with Gasteiger partial charge in [-0.3, -0.25) is 9.79 Å². The number of nitrogens with one attached hydrogen (secondary N) is 1. The van der Waals surface area contributed by atoms with Crippen molar-refractivity contribution in [2.75, 3.05) is 12.8 Å². The van der Waals surface area contributed by atoms with Crippen LogP contribution in [0.3, 0.4) is 0 Å². The molecule has 0 saturated heterocycles. The smallest absolute Gasteiger partial charge is 0.303 e. The summed E-state index contributed by atoms with van der Waals surface area (Å²) in [4.78, 5) is 23.2. The van der Waals surface area contributed by atoms with Gasteiger partial charge >= 0.3 is 5.97 Å². The van der Waals surface area contributed by atoms with Crippen molar-refractivity contribution in [1.82, 2.24) is 4.98 Å². The van der Waals surface area contributed by atoms with E-state index in [9.17, 15) is 9.90 Å². The molecule has 0 fully saturated rings. The number of halogens is 3. The third kappa shape index (κ3) is 7.46. The normalized spacial score (nSPS) is 20.9. The second kappa shape index (κ2) is 14.3. The van der Waals surface area contributed by atoms with Gasteiger partial charge in [0.1, 0.15) is 23.2 Å². The van der Waals surface area contributed by atoms with E-state index in [2.05, 4.69) is 15.0 Å². The number of carboxylic acids is 1. The van der Waals surface area contributed by atoms with Crippen molar-refractivity contribution in [3.05, 3.63) is 106 Å². The molecule has 0 radical (unpaired) electrons. The molecule has 0 saturated carbocycles. The van der Waals surface area contributed by atoms with Crippen LogP contribution in [-0.4, -0.2) is 40.5 Å². The number of aliphatic imine (C=N–C) groups is 2. The van der Waals surface area contributed by atoms with Crippen molar-refractivity contribution in [3.63, 3.8) is 0 Å². The summed E-state index contributed by atoms with van der Waals surface area (Å²) in [6.07, 6.45) is 3.10. The van der Waals surface area contributed by atoms with Crippen LogP contribution >= 0.6 is 11.8 Å². The number of allylic oxidation sites excluding steroid dienone is 1. The standard InChI is InChI=1S/C37H39F3N4O3S/c1-36(2)14-15-37(3,23-7-5-6-22(18-23)8-11-32(45)46)35(41)44-34(42-4)27-19-24(9-10-28(27)38)47-33-26(13-17-48-21-31(36)40)25-12-16-43-30(25)20-29(33)39/h5-7,9-10,12,16,18-21,43H,8,11,13-15,17H2,1-4H3,(H,45,46)(H2,41,42,44)/b31-21-. The Balaban J connectivity index is 1.65. The van der Waals surface area contributed by atoms with Gasteiger partial charge in [-0.25, -0.2) is 18.2 Å². The molecular weight excluding hydrogens is 637 g/mol. The molecule has 48 heavy (non-hydrogen) atoms. The van der Waals surface area contributed by atoms with Gasteiger partial charge in [0, 0.05) is 64.2 Å². The summed E-state index contributed by atoms with van der Waals surface area (Å²) in [7, 11) is 1.47. The van der Waals surface area contributed by atoms with Gasteiger partial charge in [-0.1, -0.05) is 38.1 Å². The lowest BCUT2D eigenvalue weighted by atomic mass is 9.72. The molecule has 3 aromatic carbocycles. The third-order valence-corrected chi connectivity index (χ3v) is 9.83. The first-order valence-corrected chi connectivity index (χ1v) is 16.7. The molecule has 1 aliphatic heterocycles. The predicted molar refractivity (Wildman–Crippen MR) is 187 cm³/mol. The first kappa shape index (κ1) is 34.8. The van der Waals surface area contributed by atoms with Gasteiger partial charge in [0.25, 0.3) is 0 Å². The van der Waals surface area contributed by atoms with E-state index in [4.69, 9.17) is 10.5 Å². The number of benzene rings is 3.